The van der Waals surface area contributed by atoms with E-state index in [2.05, 4.69) is 21.8 Å². The molecule has 5 heteroatoms. The van der Waals surface area contributed by atoms with Crippen LogP contribution < -0.4 is 5.56 Å². The van der Waals surface area contributed by atoms with E-state index in [9.17, 15) is 4.79 Å². The normalized spacial score (nSPS) is 20.2. The van der Waals surface area contributed by atoms with Crippen LogP contribution in [0, 0.1) is 0 Å². The lowest BCUT2D eigenvalue weighted by molar-refractivity contribution is 0.242. The number of likely N-dealkylation sites (N-methyl/N-ethyl adjacent to an activating group) is 1. The smallest absolute Gasteiger partial charge is 0.262 e. The van der Waals surface area contributed by atoms with Gasteiger partial charge in [0, 0.05) is 18.8 Å². The summed E-state index contributed by atoms with van der Waals surface area (Å²) < 4.78 is 1.72. The van der Waals surface area contributed by atoms with E-state index < -0.39 is 0 Å². The Morgan fingerprint density at radius 3 is 3.16 bits per heavy atom. The van der Waals surface area contributed by atoms with E-state index in [1.807, 2.05) is 0 Å². The lowest BCUT2D eigenvalue weighted by Crippen LogP contribution is -2.36. The largest absolute Gasteiger partial charge is 0.299 e. The van der Waals surface area contributed by atoms with Gasteiger partial charge < -0.3 is 0 Å². The highest BCUT2D eigenvalue weighted by Crippen LogP contribution is 2.17. The van der Waals surface area contributed by atoms with Gasteiger partial charge in [-0.05, 0) is 38.1 Å². The fourth-order valence-corrected chi connectivity index (χ4v) is 2.87. The van der Waals surface area contributed by atoms with Crippen LogP contribution in [-0.4, -0.2) is 38.6 Å². The van der Waals surface area contributed by atoms with E-state index in [0.717, 1.165) is 26.1 Å². The van der Waals surface area contributed by atoms with Gasteiger partial charge in [-0.2, -0.15) is 0 Å². The van der Waals surface area contributed by atoms with Crippen molar-refractivity contribution in [2.45, 2.75) is 32.4 Å². The highest BCUT2D eigenvalue weighted by Gasteiger charge is 2.23. The van der Waals surface area contributed by atoms with Crippen LogP contribution in [0.3, 0.4) is 0 Å². The molecule has 1 atom stereocenters. The van der Waals surface area contributed by atoms with Gasteiger partial charge in [0.15, 0.2) is 5.65 Å². The number of hydrogen-bond donors (Lipinski definition) is 0. The van der Waals surface area contributed by atoms with Gasteiger partial charge in [-0.25, -0.2) is 9.97 Å². The third-order valence-corrected chi connectivity index (χ3v) is 3.91. The molecule has 0 saturated carbocycles. The quantitative estimate of drug-likeness (QED) is 0.832. The number of rotatable bonds is 3. The van der Waals surface area contributed by atoms with Crippen LogP contribution in [-0.2, 0) is 6.54 Å². The van der Waals surface area contributed by atoms with Gasteiger partial charge in [-0.15, -0.1) is 0 Å². The minimum atomic E-state index is 0.0149. The summed E-state index contributed by atoms with van der Waals surface area (Å²) in [6.45, 7) is 5.08. The van der Waals surface area contributed by atoms with E-state index in [1.165, 1.54) is 6.42 Å². The maximum absolute atomic E-state index is 12.4. The summed E-state index contributed by atoms with van der Waals surface area (Å²) in [5.74, 6) is 0. The number of fused-ring (bicyclic) bond motifs is 1. The van der Waals surface area contributed by atoms with E-state index >= 15 is 0 Å². The Morgan fingerprint density at radius 2 is 2.32 bits per heavy atom. The Bertz CT molecular complexity index is 637. The van der Waals surface area contributed by atoms with Gasteiger partial charge in [-0.1, -0.05) is 6.92 Å². The van der Waals surface area contributed by atoms with Crippen molar-refractivity contribution in [2.24, 2.45) is 0 Å². The maximum Gasteiger partial charge on any atom is 0.262 e. The number of aromatic nitrogens is 3. The molecule has 1 aliphatic heterocycles. The Balaban J connectivity index is 1.93. The SMILES string of the molecule is CCN1CCC[C@@H]1Cn1cnc2ncccc2c1=O. The molecule has 19 heavy (non-hydrogen) atoms. The predicted molar refractivity (Wildman–Crippen MR) is 74.1 cm³/mol. The fraction of sp³-hybridized carbons (Fsp3) is 0.500. The molecule has 0 N–H and O–H groups in total. The summed E-state index contributed by atoms with van der Waals surface area (Å²) in [7, 11) is 0. The molecule has 1 saturated heterocycles. The fourth-order valence-electron chi connectivity index (χ4n) is 2.87. The van der Waals surface area contributed by atoms with Crippen molar-refractivity contribution in [1.82, 2.24) is 19.4 Å². The first-order valence-corrected chi connectivity index (χ1v) is 6.84. The summed E-state index contributed by atoms with van der Waals surface area (Å²) in [6, 6.07) is 4.03. The third-order valence-electron chi connectivity index (χ3n) is 3.91. The topological polar surface area (TPSA) is 51.0 Å². The summed E-state index contributed by atoms with van der Waals surface area (Å²) in [5, 5.41) is 0.603. The molecule has 0 radical (unpaired) electrons. The molecule has 2 aromatic rings. The van der Waals surface area contributed by atoms with E-state index in [1.54, 1.807) is 29.2 Å². The van der Waals surface area contributed by atoms with E-state index in [4.69, 9.17) is 0 Å². The van der Waals surface area contributed by atoms with Crippen LogP contribution in [0.2, 0.25) is 0 Å². The molecule has 0 aliphatic carbocycles. The first-order chi connectivity index (χ1) is 9.29. The van der Waals surface area contributed by atoms with Crippen molar-refractivity contribution in [3.8, 4) is 0 Å². The van der Waals surface area contributed by atoms with Crippen LogP contribution in [0.25, 0.3) is 11.0 Å². The number of hydrogen-bond acceptors (Lipinski definition) is 4. The summed E-state index contributed by atoms with van der Waals surface area (Å²) in [5.41, 5.74) is 0.545. The molecular weight excluding hydrogens is 240 g/mol. The summed E-state index contributed by atoms with van der Waals surface area (Å²) in [4.78, 5) is 23.2. The number of likely N-dealkylation sites (tertiary alicyclic amines) is 1. The monoisotopic (exact) mass is 258 g/mol. The van der Waals surface area contributed by atoms with Gasteiger partial charge in [-0.3, -0.25) is 14.3 Å². The summed E-state index contributed by atoms with van der Waals surface area (Å²) in [6.07, 6.45) is 5.67. The first-order valence-electron chi connectivity index (χ1n) is 6.84. The van der Waals surface area contributed by atoms with Crippen molar-refractivity contribution in [1.29, 1.82) is 0 Å². The van der Waals surface area contributed by atoms with E-state index in [0.29, 0.717) is 17.1 Å². The molecule has 0 unspecified atom stereocenters. The molecule has 100 valence electrons. The molecular formula is C14H18N4O. The Kier molecular flexibility index (Phi) is 3.29. The predicted octanol–water partition coefficient (Wildman–Crippen LogP) is 1.28. The van der Waals surface area contributed by atoms with Gasteiger partial charge in [0.2, 0.25) is 0 Å². The Labute approximate surface area is 111 Å². The van der Waals surface area contributed by atoms with E-state index in [-0.39, 0.29) is 5.56 Å². The lowest BCUT2D eigenvalue weighted by Gasteiger charge is -2.23. The highest BCUT2D eigenvalue weighted by atomic mass is 16.1. The Hall–Kier alpha value is -1.75. The standard InChI is InChI=1S/C14H18N4O/c1-2-17-8-4-5-11(17)9-18-10-16-13-12(14(18)19)6-3-7-15-13/h3,6-7,10-11H,2,4-5,8-9H2,1H3/t11-/m1/s1. The molecule has 3 heterocycles. The second kappa shape index (κ2) is 5.09. The van der Waals surface area contributed by atoms with Crippen molar-refractivity contribution in [3.63, 3.8) is 0 Å². The van der Waals surface area contributed by atoms with Crippen molar-refractivity contribution >= 4 is 11.0 Å². The zero-order valence-corrected chi connectivity index (χ0v) is 11.1. The average molecular weight is 258 g/mol. The minimum Gasteiger partial charge on any atom is -0.299 e. The minimum absolute atomic E-state index is 0.0149. The van der Waals surface area contributed by atoms with Gasteiger partial charge in [0.1, 0.15) is 6.33 Å². The van der Waals surface area contributed by atoms with Gasteiger partial charge in [0.05, 0.1) is 5.39 Å². The third kappa shape index (κ3) is 2.26. The molecule has 1 fully saturated rings. The van der Waals surface area contributed by atoms with Crippen molar-refractivity contribution in [3.05, 3.63) is 35.0 Å². The zero-order chi connectivity index (χ0) is 13.2. The second-order valence-electron chi connectivity index (χ2n) is 5.00. The highest BCUT2D eigenvalue weighted by molar-refractivity contribution is 5.72. The second-order valence-corrected chi connectivity index (χ2v) is 5.00. The van der Waals surface area contributed by atoms with Crippen molar-refractivity contribution < 1.29 is 0 Å². The van der Waals surface area contributed by atoms with Gasteiger partial charge >= 0.3 is 0 Å². The average Bonchev–Trinajstić information content (AvgIpc) is 2.89. The Morgan fingerprint density at radius 1 is 1.42 bits per heavy atom. The van der Waals surface area contributed by atoms with Crippen LogP contribution in [0.1, 0.15) is 19.8 Å². The van der Waals surface area contributed by atoms with Crippen LogP contribution >= 0.6 is 0 Å². The molecule has 0 spiro atoms. The number of nitrogens with zero attached hydrogens (tertiary/aromatic N) is 4. The molecule has 3 rings (SSSR count). The molecule has 0 amide bonds. The zero-order valence-electron chi connectivity index (χ0n) is 11.1. The molecule has 5 nitrogen and oxygen atoms in total. The first kappa shape index (κ1) is 12.3. The van der Waals surface area contributed by atoms with Crippen LogP contribution in [0.5, 0.6) is 0 Å². The maximum atomic E-state index is 12.4. The molecule has 0 bridgehead atoms. The molecule has 0 aromatic carbocycles. The van der Waals surface area contributed by atoms with Gasteiger partial charge in [0.25, 0.3) is 5.56 Å². The summed E-state index contributed by atoms with van der Waals surface area (Å²) >= 11 is 0. The molecule has 2 aromatic heterocycles. The number of pyridine rings is 1. The lowest BCUT2D eigenvalue weighted by atomic mass is 10.2. The van der Waals surface area contributed by atoms with Crippen LogP contribution in [0.4, 0.5) is 0 Å². The van der Waals surface area contributed by atoms with Crippen molar-refractivity contribution in [2.75, 3.05) is 13.1 Å². The molecule has 1 aliphatic rings. The van der Waals surface area contributed by atoms with Crippen LogP contribution in [0.15, 0.2) is 29.5 Å².